The van der Waals surface area contributed by atoms with E-state index in [0.717, 1.165) is 39.1 Å². The first-order chi connectivity index (χ1) is 33.9. The Bertz CT molecular complexity index is 2800. The number of carbonyl (C=O) groups is 2. The van der Waals surface area contributed by atoms with Gasteiger partial charge in [-0.25, -0.2) is 0 Å². The maximum atomic E-state index is 10.8. The van der Waals surface area contributed by atoms with Gasteiger partial charge in [0.2, 0.25) is 0 Å². The fraction of sp³-hybridized carbons (Fsp3) is 0.107. The van der Waals surface area contributed by atoms with Crippen molar-refractivity contribution in [3.8, 4) is 34.5 Å². The van der Waals surface area contributed by atoms with Gasteiger partial charge in [-0.3, -0.25) is 9.59 Å². The average molecular weight is 1140 g/mol. The van der Waals surface area contributed by atoms with Crippen LogP contribution in [0.4, 0.5) is 0 Å². The Morgan fingerprint density at radius 1 is 0.375 bits per heavy atom. The summed E-state index contributed by atoms with van der Waals surface area (Å²) < 4.78 is 0. The highest BCUT2D eigenvalue weighted by atomic mass is 35.5. The van der Waals surface area contributed by atoms with Crippen molar-refractivity contribution < 1.29 is 40.2 Å². The highest BCUT2D eigenvalue weighted by molar-refractivity contribution is 6.34. The summed E-state index contributed by atoms with van der Waals surface area (Å²) in [4.78, 5) is 20.9. The molecule has 0 spiro atoms. The zero-order valence-corrected chi connectivity index (χ0v) is 45.7. The molecule has 0 amide bonds. The van der Waals surface area contributed by atoms with E-state index in [1.807, 2.05) is 34.6 Å². The predicted molar refractivity (Wildman–Crippen MR) is 301 cm³/mol. The number of benzene rings is 8. The highest BCUT2D eigenvalue weighted by Crippen LogP contribution is 2.27. The molecule has 0 atom stereocenters. The number of rotatable bonds is 2. The van der Waals surface area contributed by atoms with Crippen LogP contribution in [-0.2, 0) is 0 Å². The third-order valence-electron chi connectivity index (χ3n) is 8.90. The van der Waals surface area contributed by atoms with Crippen LogP contribution in [0.3, 0.4) is 0 Å². The number of ketones is 1. The van der Waals surface area contributed by atoms with E-state index in [-0.39, 0.29) is 40.3 Å². The molecule has 16 heteroatoms. The molecule has 8 aromatic rings. The van der Waals surface area contributed by atoms with Gasteiger partial charge in [0.1, 0.15) is 34.5 Å². The SMILES string of the molecule is CC(=O)c1ccccc1Cl.Cc1cc(O)c(Cl)cc1C.Cc1cc(O)cc(C)c1Cl.Cc1cc(O)ccc1Cl.O=Cc1ccccc1Cl.Oc1ccc(Cl)cc1.Oc1cccc(Cl)c1.Oc1ccccc1Cl. The number of hydrogen-bond donors (Lipinski definition) is 6. The minimum absolute atomic E-state index is 0.00519. The van der Waals surface area contributed by atoms with Crippen LogP contribution in [0.25, 0.3) is 0 Å². The van der Waals surface area contributed by atoms with Crippen LogP contribution in [-0.4, -0.2) is 42.7 Å². The molecule has 380 valence electrons. The Morgan fingerprint density at radius 3 is 1.25 bits per heavy atom. The zero-order valence-electron chi connectivity index (χ0n) is 39.7. The van der Waals surface area contributed by atoms with Crippen molar-refractivity contribution in [2.75, 3.05) is 0 Å². The lowest BCUT2D eigenvalue weighted by Gasteiger charge is -2.01. The summed E-state index contributed by atoms with van der Waals surface area (Å²) in [6.07, 6.45) is 0.738. The minimum Gasteiger partial charge on any atom is -0.508 e. The molecule has 0 aliphatic rings. The molecule has 0 fully saturated rings. The fourth-order valence-electron chi connectivity index (χ4n) is 5.00. The predicted octanol–water partition coefficient (Wildman–Crippen LogP) is 18.5. The molecule has 6 N–H and O–H groups in total. The number of carbonyl (C=O) groups excluding carboxylic acids is 2. The van der Waals surface area contributed by atoms with E-state index >= 15 is 0 Å². The second-order valence-electron chi connectivity index (χ2n) is 14.8. The van der Waals surface area contributed by atoms with Gasteiger partial charge in [0.25, 0.3) is 0 Å². The van der Waals surface area contributed by atoms with Crippen LogP contribution in [0, 0.1) is 34.6 Å². The average Bonchev–Trinajstić information content (AvgIpc) is 3.32. The van der Waals surface area contributed by atoms with Gasteiger partial charge >= 0.3 is 0 Å². The van der Waals surface area contributed by atoms with E-state index < -0.39 is 0 Å². The smallest absolute Gasteiger partial charge is 0.161 e. The van der Waals surface area contributed by atoms with Crippen LogP contribution in [0.2, 0.25) is 40.2 Å². The minimum atomic E-state index is 0.00519. The molecule has 72 heavy (non-hydrogen) atoms. The number of aldehydes is 1. The van der Waals surface area contributed by atoms with Gasteiger partial charge in [0.05, 0.1) is 20.1 Å². The topological polar surface area (TPSA) is 156 Å². The molecule has 0 unspecified atom stereocenters. The van der Waals surface area contributed by atoms with Gasteiger partial charge in [0.15, 0.2) is 12.1 Å². The van der Waals surface area contributed by atoms with Gasteiger partial charge in [-0.1, -0.05) is 141 Å². The third kappa shape index (κ3) is 26.6. The third-order valence-corrected chi connectivity index (χ3v) is 11.7. The standard InChI is InChI=1S/2C8H9ClO.C8H7ClO.C7H7ClO.C7H5ClO.3C6H5ClO/c1-5-3-7(10)4-6(2)8(5)9;1-5-3-7(9)8(10)4-6(5)2;1-6(10)7-4-2-3-5-8(7)9;1-5-4-6(9)2-3-7(5)8;8-7-4-2-1-3-6(7)5-9;7-5-1-3-6(8)4-2-5;7-5-2-1-3-6(8)4-5;7-5-3-1-2-4-6(5)8/h2*3-4,10H,1-2H3;2-5H,1H3;2-4,9H,1H3;1-5H;3*1-4,8H. The summed E-state index contributed by atoms with van der Waals surface area (Å²) in [6.45, 7) is 11.0. The summed E-state index contributed by atoms with van der Waals surface area (Å²) in [7, 11) is 0. The number of phenolic OH excluding ortho intramolecular Hbond substituents is 6. The molecule has 0 aliphatic carbocycles. The molecule has 8 rings (SSSR count). The van der Waals surface area contributed by atoms with Gasteiger partial charge in [-0.05, 0) is 185 Å². The Labute approximate surface area is 460 Å². The van der Waals surface area contributed by atoms with Crippen molar-refractivity contribution in [2.45, 2.75) is 41.5 Å². The summed E-state index contributed by atoms with van der Waals surface area (Å²) in [5.74, 6) is 1.28. The first kappa shape index (κ1) is 64.2. The second-order valence-corrected chi connectivity index (χ2v) is 18.1. The molecule has 8 aromatic carbocycles. The van der Waals surface area contributed by atoms with E-state index in [0.29, 0.717) is 46.3 Å². The first-order valence-corrected chi connectivity index (χ1v) is 24.0. The van der Waals surface area contributed by atoms with Crippen molar-refractivity contribution >= 4 is 105 Å². The monoisotopic (exact) mass is 1130 g/mol. The number of para-hydroxylation sites is 1. The lowest BCUT2D eigenvalue weighted by Crippen LogP contribution is -1.91. The number of hydrogen-bond acceptors (Lipinski definition) is 8. The van der Waals surface area contributed by atoms with Gasteiger partial charge < -0.3 is 30.6 Å². The van der Waals surface area contributed by atoms with E-state index in [1.165, 1.54) is 13.0 Å². The molecule has 0 saturated carbocycles. The molecular formula is C56H52Cl8O8. The number of phenols is 6. The number of aromatic hydroxyl groups is 6. The van der Waals surface area contributed by atoms with E-state index in [4.69, 9.17) is 123 Å². The van der Waals surface area contributed by atoms with Crippen molar-refractivity contribution in [2.24, 2.45) is 0 Å². The van der Waals surface area contributed by atoms with E-state index in [9.17, 15) is 9.59 Å². The number of halogens is 8. The molecular weight excluding hydrogens is 1080 g/mol. The maximum Gasteiger partial charge on any atom is 0.161 e. The lowest BCUT2D eigenvalue weighted by molar-refractivity contribution is 0.101. The molecule has 8 nitrogen and oxygen atoms in total. The van der Waals surface area contributed by atoms with Crippen molar-refractivity contribution in [3.63, 3.8) is 0 Å². The van der Waals surface area contributed by atoms with Crippen LogP contribution < -0.4 is 0 Å². The van der Waals surface area contributed by atoms with Gasteiger partial charge in [-0.2, -0.15) is 0 Å². The summed E-state index contributed by atoms with van der Waals surface area (Å²) >= 11 is 44.9. The van der Waals surface area contributed by atoms with E-state index in [1.54, 1.807) is 158 Å². The van der Waals surface area contributed by atoms with Crippen molar-refractivity contribution in [1.29, 1.82) is 0 Å². The Balaban J connectivity index is 0.000000412. The van der Waals surface area contributed by atoms with Gasteiger partial charge in [0, 0.05) is 31.2 Å². The van der Waals surface area contributed by atoms with Crippen LogP contribution >= 0.6 is 92.8 Å². The van der Waals surface area contributed by atoms with Crippen molar-refractivity contribution in [3.05, 3.63) is 243 Å². The van der Waals surface area contributed by atoms with Crippen LogP contribution in [0.15, 0.2) is 164 Å². The number of Topliss-reactive ketones (excluding diaryl/α,β-unsaturated/α-hetero) is 1. The Hall–Kier alpha value is -5.78. The quantitative estimate of drug-likeness (QED) is 0.0738. The fourth-order valence-corrected chi connectivity index (χ4v) is 6.34. The highest BCUT2D eigenvalue weighted by Gasteiger charge is 2.03. The second kappa shape index (κ2) is 34.6. The molecule has 0 bridgehead atoms. The summed E-state index contributed by atoms with van der Waals surface area (Å²) in [5.41, 5.74) is 6.02. The molecule has 0 saturated heterocycles. The number of aryl methyl sites for hydroxylation is 5. The normalized spacial score (nSPS) is 9.42. The zero-order chi connectivity index (χ0) is 54.5. The summed E-state index contributed by atoms with van der Waals surface area (Å²) in [6, 6.07) is 45.0. The Kier molecular flexibility index (Phi) is 30.8. The van der Waals surface area contributed by atoms with Gasteiger partial charge in [-0.15, -0.1) is 0 Å². The van der Waals surface area contributed by atoms with Crippen molar-refractivity contribution in [1.82, 2.24) is 0 Å². The maximum absolute atomic E-state index is 10.8. The largest absolute Gasteiger partial charge is 0.508 e. The lowest BCUT2D eigenvalue weighted by atomic mass is 10.1. The summed E-state index contributed by atoms with van der Waals surface area (Å²) in [5, 5.41) is 57.7. The molecule has 0 heterocycles. The molecule has 0 aromatic heterocycles. The van der Waals surface area contributed by atoms with E-state index in [2.05, 4.69) is 0 Å². The van der Waals surface area contributed by atoms with Crippen LogP contribution in [0.1, 0.15) is 55.5 Å². The molecule has 0 aliphatic heterocycles. The first-order valence-electron chi connectivity index (χ1n) is 21.0. The van der Waals surface area contributed by atoms with Crippen LogP contribution in [0.5, 0.6) is 34.5 Å². The molecule has 0 radical (unpaired) electrons. The Morgan fingerprint density at radius 2 is 0.861 bits per heavy atom.